The summed E-state index contributed by atoms with van der Waals surface area (Å²) in [6, 6.07) is 7.61. The highest BCUT2D eigenvalue weighted by atomic mass is 35.5. The van der Waals surface area contributed by atoms with Gasteiger partial charge in [-0.15, -0.1) is 0 Å². The van der Waals surface area contributed by atoms with Crippen molar-refractivity contribution in [3.05, 3.63) is 58.9 Å². The number of halogens is 2. The molecular weight excluding hydrogens is 265 g/mol. The quantitative estimate of drug-likeness (QED) is 0.556. The number of hydrogen-bond acceptors (Lipinski definition) is 2. The van der Waals surface area contributed by atoms with Crippen molar-refractivity contribution in [3.63, 3.8) is 0 Å². The van der Waals surface area contributed by atoms with Gasteiger partial charge in [-0.2, -0.15) is 5.26 Å². The predicted molar refractivity (Wildman–Crippen MR) is 62.6 cm³/mol. The largest absolute Gasteiger partial charge is 1.00 e. The molecule has 94 valence electrons. The van der Waals surface area contributed by atoms with Crippen LogP contribution in [0.5, 0.6) is 0 Å². The molecule has 0 aliphatic rings. The molecule has 0 radical (unpaired) electrons. The maximum atomic E-state index is 13.2. The first-order valence-electron chi connectivity index (χ1n) is 5.25. The Morgan fingerprint density at radius 2 is 1.95 bits per heavy atom. The van der Waals surface area contributed by atoms with Crippen LogP contribution in [-0.2, 0) is 0 Å². The molecule has 1 N–H and O–H groups in total. The molecule has 5 heteroatoms. The van der Waals surface area contributed by atoms with E-state index in [9.17, 15) is 4.39 Å². The van der Waals surface area contributed by atoms with E-state index in [2.05, 4.69) is 21.8 Å². The van der Waals surface area contributed by atoms with Crippen LogP contribution in [0.3, 0.4) is 0 Å². The predicted octanol–water partition coefficient (Wildman–Crippen LogP) is -1.38. The van der Waals surface area contributed by atoms with Crippen LogP contribution in [0.4, 0.5) is 4.39 Å². The summed E-state index contributed by atoms with van der Waals surface area (Å²) < 4.78 is 13.2. The maximum Gasteiger partial charge on any atom is 0.294 e. The molecule has 0 saturated heterocycles. The molecule has 0 saturated carbocycles. The van der Waals surface area contributed by atoms with Gasteiger partial charge >= 0.3 is 0 Å². The summed E-state index contributed by atoms with van der Waals surface area (Å²) in [4.78, 5) is 7.08. The van der Waals surface area contributed by atoms with E-state index in [4.69, 9.17) is 5.26 Å². The van der Waals surface area contributed by atoms with Crippen molar-refractivity contribution in [3.8, 4) is 17.9 Å². The molecule has 0 amide bonds. The van der Waals surface area contributed by atoms with E-state index < -0.39 is 5.82 Å². The lowest BCUT2D eigenvalue weighted by molar-refractivity contribution is -0.392. The highest BCUT2D eigenvalue weighted by molar-refractivity contribution is 5.44. The summed E-state index contributed by atoms with van der Waals surface area (Å²) in [5.74, 6) is 5.89. The molecule has 0 bridgehead atoms. The summed E-state index contributed by atoms with van der Waals surface area (Å²) in [7, 11) is 0. The van der Waals surface area contributed by atoms with Crippen molar-refractivity contribution >= 4 is 0 Å². The molecule has 1 heterocycles. The van der Waals surface area contributed by atoms with Crippen molar-refractivity contribution in [2.45, 2.75) is 6.92 Å². The zero-order valence-corrected chi connectivity index (χ0v) is 10.8. The SMILES string of the molecule is Cc1nc(C#Cc2cc(F)cc(C#N)c2)cc[nH+]1.[Cl-]. The lowest BCUT2D eigenvalue weighted by Crippen LogP contribution is -3.00. The Labute approximate surface area is 116 Å². The van der Waals surface area contributed by atoms with Gasteiger partial charge in [0, 0.05) is 18.6 Å². The zero-order chi connectivity index (χ0) is 13.0. The van der Waals surface area contributed by atoms with Gasteiger partial charge in [0.25, 0.3) is 5.82 Å². The molecule has 2 rings (SSSR count). The fourth-order valence-electron chi connectivity index (χ4n) is 1.42. The Kier molecular flexibility index (Phi) is 5.00. The highest BCUT2D eigenvalue weighted by Crippen LogP contribution is 2.07. The number of aromatic amines is 1. The number of aryl methyl sites for hydroxylation is 1. The fourth-order valence-corrected chi connectivity index (χ4v) is 1.42. The minimum Gasteiger partial charge on any atom is -1.00 e. The third-order valence-electron chi connectivity index (χ3n) is 2.18. The number of nitriles is 1. The van der Waals surface area contributed by atoms with Crippen molar-refractivity contribution < 1.29 is 21.8 Å². The normalized spacial score (nSPS) is 8.68. The van der Waals surface area contributed by atoms with Gasteiger partial charge in [-0.3, -0.25) is 0 Å². The molecule has 1 aromatic heterocycles. The van der Waals surface area contributed by atoms with Crippen LogP contribution in [-0.4, -0.2) is 4.98 Å². The van der Waals surface area contributed by atoms with Gasteiger partial charge in [-0.05, 0) is 29.1 Å². The van der Waals surface area contributed by atoms with E-state index in [1.165, 1.54) is 18.2 Å². The summed E-state index contributed by atoms with van der Waals surface area (Å²) in [6.07, 6.45) is 1.73. The van der Waals surface area contributed by atoms with Crippen molar-refractivity contribution in [1.82, 2.24) is 4.98 Å². The number of hydrogen-bond donors (Lipinski definition) is 0. The van der Waals surface area contributed by atoms with E-state index in [1.807, 2.05) is 13.0 Å². The van der Waals surface area contributed by atoms with Gasteiger partial charge in [0.1, 0.15) is 5.82 Å². The molecule has 0 atom stereocenters. The van der Waals surface area contributed by atoms with E-state index in [0.29, 0.717) is 11.3 Å². The Morgan fingerprint density at radius 3 is 2.63 bits per heavy atom. The second-order valence-electron chi connectivity index (χ2n) is 3.65. The summed E-state index contributed by atoms with van der Waals surface area (Å²) in [5.41, 5.74) is 1.30. The van der Waals surface area contributed by atoms with Gasteiger partial charge in [0.05, 0.1) is 17.8 Å². The topological polar surface area (TPSA) is 50.8 Å². The Morgan fingerprint density at radius 1 is 1.21 bits per heavy atom. The lowest BCUT2D eigenvalue weighted by atomic mass is 10.1. The van der Waals surface area contributed by atoms with E-state index in [-0.39, 0.29) is 18.0 Å². The Hall–Kier alpha value is -2.43. The van der Waals surface area contributed by atoms with Crippen molar-refractivity contribution in [1.29, 1.82) is 5.26 Å². The Bertz CT molecular complexity index is 696. The monoisotopic (exact) mass is 273 g/mol. The van der Waals surface area contributed by atoms with Crippen LogP contribution in [0.2, 0.25) is 0 Å². The zero-order valence-electron chi connectivity index (χ0n) is 10.0. The fraction of sp³-hybridized carbons (Fsp3) is 0.0714. The average molecular weight is 274 g/mol. The molecule has 2 aromatic rings. The standard InChI is InChI=1S/C14H8FN3.ClH/c1-10-17-5-4-14(18-10)3-2-11-6-12(9-16)8-13(15)7-11;/h4-8H,1H3;1H. The van der Waals surface area contributed by atoms with Gasteiger partial charge < -0.3 is 12.4 Å². The van der Waals surface area contributed by atoms with Gasteiger partial charge in [0.2, 0.25) is 5.69 Å². The number of nitrogens with one attached hydrogen (secondary N) is 1. The molecule has 0 aliphatic carbocycles. The molecule has 1 aromatic carbocycles. The van der Waals surface area contributed by atoms with Crippen molar-refractivity contribution in [2.24, 2.45) is 0 Å². The minimum absolute atomic E-state index is 0. The summed E-state index contributed by atoms with van der Waals surface area (Å²) in [5, 5.41) is 8.73. The summed E-state index contributed by atoms with van der Waals surface area (Å²) >= 11 is 0. The van der Waals surface area contributed by atoms with Crippen LogP contribution in [0.15, 0.2) is 30.5 Å². The van der Waals surface area contributed by atoms with Crippen LogP contribution in [0.25, 0.3) is 0 Å². The number of benzene rings is 1. The summed E-state index contributed by atoms with van der Waals surface area (Å²) in [6.45, 7) is 1.82. The van der Waals surface area contributed by atoms with Gasteiger partial charge in [-0.25, -0.2) is 9.37 Å². The molecule has 0 aliphatic heterocycles. The highest BCUT2D eigenvalue weighted by Gasteiger charge is 2.00. The van der Waals surface area contributed by atoms with Crippen LogP contribution < -0.4 is 17.4 Å². The first-order chi connectivity index (χ1) is 8.67. The number of rotatable bonds is 0. The van der Waals surface area contributed by atoms with Crippen LogP contribution >= 0.6 is 0 Å². The molecule has 19 heavy (non-hydrogen) atoms. The first kappa shape index (κ1) is 14.6. The molecular formula is C14H9ClFN3. The number of H-pyrrole nitrogens is 1. The second kappa shape index (κ2) is 6.49. The number of aromatic nitrogens is 2. The van der Waals surface area contributed by atoms with Crippen molar-refractivity contribution in [2.75, 3.05) is 0 Å². The molecule has 3 nitrogen and oxygen atoms in total. The molecule has 0 unspecified atom stereocenters. The van der Waals surface area contributed by atoms with Gasteiger partial charge in [0.15, 0.2) is 0 Å². The number of nitrogens with zero attached hydrogens (tertiary/aromatic N) is 2. The third kappa shape index (κ3) is 4.06. The molecule has 0 fully saturated rings. The second-order valence-corrected chi connectivity index (χ2v) is 3.65. The van der Waals surface area contributed by atoms with Crippen LogP contribution in [0.1, 0.15) is 22.6 Å². The Balaban J connectivity index is 0.00000180. The maximum absolute atomic E-state index is 13.2. The van der Waals surface area contributed by atoms with E-state index in [1.54, 1.807) is 12.3 Å². The lowest BCUT2D eigenvalue weighted by Gasteiger charge is -1.92. The van der Waals surface area contributed by atoms with Gasteiger partial charge in [-0.1, -0.05) is 5.92 Å². The third-order valence-corrected chi connectivity index (χ3v) is 2.18. The molecule has 0 spiro atoms. The van der Waals surface area contributed by atoms with E-state index in [0.717, 1.165) is 5.82 Å². The smallest absolute Gasteiger partial charge is 0.294 e. The van der Waals surface area contributed by atoms with Crippen LogP contribution in [0, 0.1) is 35.9 Å². The van der Waals surface area contributed by atoms with E-state index >= 15 is 0 Å². The minimum atomic E-state index is -0.469. The first-order valence-corrected chi connectivity index (χ1v) is 5.25. The average Bonchev–Trinajstić information content (AvgIpc) is 2.36.